The van der Waals surface area contributed by atoms with Gasteiger partial charge in [-0.15, -0.1) is 34.2 Å². The zero-order chi connectivity index (χ0) is 18.2. The first-order valence-electron chi connectivity index (χ1n) is 9.30. The van der Waals surface area contributed by atoms with E-state index in [1.807, 2.05) is 48.9 Å². The van der Waals surface area contributed by atoms with E-state index in [-0.39, 0.29) is 24.0 Å². The third kappa shape index (κ3) is 6.67. The Hall–Kier alpha value is -1.84. The molecule has 27 heavy (non-hydrogen) atoms. The minimum atomic E-state index is 0. The molecule has 1 saturated carbocycles. The van der Waals surface area contributed by atoms with Gasteiger partial charge in [0.15, 0.2) is 11.8 Å². The van der Waals surface area contributed by atoms with Crippen LogP contribution >= 0.6 is 24.0 Å². The van der Waals surface area contributed by atoms with Gasteiger partial charge in [-0.25, -0.2) is 4.99 Å². The van der Waals surface area contributed by atoms with Crippen molar-refractivity contribution >= 4 is 29.9 Å². The molecule has 7 nitrogen and oxygen atoms in total. The fourth-order valence-electron chi connectivity index (χ4n) is 3.01. The minimum Gasteiger partial charge on any atom is -0.492 e. The van der Waals surface area contributed by atoms with Crippen molar-refractivity contribution in [1.82, 2.24) is 25.4 Å². The smallest absolute Gasteiger partial charge is 0.192 e. The van der Waals surface area contributed by atoms with Crippen LogP contribution in [0, 0.1) is 6.92 Å². The molecule has 0 spiro atoms. The van der Waals surface area contributed by atoms with Gasteiger partial charge in [-0.3, -0.25) is 0 Å². The van der Waals surface area contributed by atoms with E-state index >= 15 is 0 Å². The Morgan fingerprint density at radius 1 is 1.22 bits per heavy atom. The highest BCUT2D eigenvalue weighted by Gasteiger charge is 2.16. The van der Waals surface area contributed by atoms with E-state index in [4.69, 9.17) is 9.73 Å². The molecule has 2 aromatic rings. The van der Waals surface area contributed by atoms with Crippen LogP contribution < -0.4 is 15.4 Å². The molecule has 1 heterocycles. The SMILES string of the molecule is Cc1nnc(CN=C(NCCOc2ccccc2)NC2CCCC2)n1C.I. The second kappa shape index (κ2) is 11.1. The maximum Gasteiger partial charge on any atom is 0.192 e. The van der Waals surface area contributed by atoms with Gasteiger partial charge in [-0.2, -0.15) is 0 Å². The van der Waals surface area contributed by atoms with Crippen molar-refractivity contribution < 1.29 is 4.74 Å². The van der Waals surface area contributed by atoms with Gasteiger partial charge in [-0.1, -0.05) is 31.0 Å². The molecular weight excluding hydrogens is 455 g/mol. The first-order valence-corrected chi connectivity index (χ1v) is 9.30. The molecule has 1 aliphatic carbocycles. The average Bonchev–Trinajstić information content (AvgIpc) is 3.28. The van der Waals surface area contributed by atoms with E-state index in [0.717, 1.165) is 23.4 Å². The largest absolute Gasteiger partial charge is 0.492 e. The molecule has 0 amide bonds. The molecule has 1 aliphatic rings. The molecule has 8 heteroatoms. The fraction of sp³-hybridized carbons (Fsp3) is 0.526. The fourth-order valence-corrected chi connectivity index (χ4v) is 3.01. The third-order valence-electron chi connectivity index (χ3n) is 4.66. The van der Waals surface area contributed by atoms with E-state index < -0.39 is 0 Å². The van der Waals surface area contributed by atoms with Gasteiger partial charge >= 0.3 is 0 Å². The van der Waals surface area contributed by atoms with Crippen molar-refractivity contribution in [3.8, 4) is 5.75 Å². The lowest BCUT2D eigenvalue weighted by atomic mass is 10.2. The van der Waals surface area contributed by atoms with Crippen LogP contribution in [0.4, 0.5) is 0 Å². The topological polar surface area (TPSA) is 76.4 Å². The number of aliphatic imine (C=N–C) groups is 1. The van der Waals surface area contributed by atoms with E-state index in [1.54, 1.807) is 0 Å². The number of hydrogen-bond donors (Lipinski definition) is 2. The summed E-state index contributed by atoms with van der Waals surface area (Å²) >= 11 is 0. The van der Waals surface area contributed by atoms with E-state index in [2.05, 4.69) is 20.8 Å². The lowest BCUT2D eigenvalue weighted by Crippen LogP contribution is -2.43. The number of benzene rings is 1. The Kier molecular flexibility index (Phi) is 8.83. The molecule has 0 saturated heterocycles. The molecule has 3 rings (SSSR count). The van der Waals surface area contributed by atoms with Crippen LogP contribution in [-0.2, 0) is 13.6 Å². The number of guanidine groups is 1. The highest BCUT2D eigenvalue weighted by Crippen LogP contribution is 2.17. The second-order valence-electron chi connectivity index (χ2n) is 6.60. The summed E-state index contributed by atoms with van der Waals surface area (Å²) in [5.41, 5.74) is 0. The van der Waals surface area contributed by atoms with Crippen LogP contribution in [-0.4, -0.2) is 39.9 Å². The first kappa shape index (κ1) is 21.5. The van der Waals surface area contributed by atoms with Gasteiger partial charge in [0.05, 0.1) is 6.54 Å². The number of hydrogen-bond acceptors (Lipinski definition) is 4. The predicted octanol–water partition coefficient (Wildman–Crippen LogP) is 2.80. The molecule has 0 bridgehead atoms. The Bertz CT molecular complexity index is 712. The Morgan fingerprint density at radius 2 is 1.96 bits per heavy atom. The van der Waals surface area contributed by atoms with Crippen molar-refractivity contribution in [1.29, 1.82) is 0 Å². The second-order valence-corrected chi connectivity index (χ2v) is 6.60. The van der Waals surface area contributed by atoms with Crippen LogP contribution in [0.15, 0.2) is 35.3 Å². The van der Waals surface area contributed by atoms with E-state index in [9.17, 15) is 0 Å². The van der Waals surface area contributed by atoms with Crippen molar-refractivity contribution in [2.75, 3.05) is 13.2 Å². The molecule has 0 aliphatic heterocycles. The van der Waals surface area contributed by atoms with Crippen LogP contribution in [0.1, 0.15) is 37.3 Å². The number of ether oxygens (including phenoxy) is 1. The van der Waals surface area contributed by atoms with Crippen molar-refractivity contribution in [2.45, 2.75) is 45.2 Å². The van der Waals surface area contributed by atoms with Crippen LogP contribution in [0.3, 0.4) is 0 Å². The lowest BCUT2D eigenvalue weighted by Gasteiger charge is -2.17. The maximum absolute atomic E-state index is 5.74. The summed E-state index contributed by atoms with van der Waals surface area (Å²) in [6.07, 6.45) is 4.96. The normalized spacial score (nSPS) is 14.7. The van der Waals surface area contributed by atoms with Gasteiger partial charge in [0.2, 0.25) is 0 Å². The van der Waals surface area contributed by atoms with Gasteiger partial charge in [0.25, 0.3) is 0 Å². The summed E-state index contributed by atoms with van der Waals surface area (Å²) in [6.45, 7) is 3.71. The zero-order valence-electron chi connectivity index (χ0n) is 16.0. The van der Waals surface area contributed by atoms with Crippen LogP contribution in [0.25, 0.3) is 0 Å². The zero-order valence-corrected chi connectivity index (χ0v) is 18.3. The number of aryl methyl sites for hydroxylation is 1. The number of rotatable bonds is 7. The molecule has 0 atom stereocenters. The molecule has 1 aromatic heterocycles. The monoisotopic (exact) mass is 484 g/mol. The third-order valence-corrected chi connectivity index (χ3v) is 4.66. The Balaban J connectivity index is 0.00000261. The van der Waals surface area contributed by atoms with E-state index in [0.29, 0.717) is 25.7 Å². The summed E-state index contributed by atoms with van der Waals surface area (Å²) in [7, 11) is 1.96. The molecule has 2 N–H and O–H groups in total. The number of nitrogens with one attached hydrogen (secondary N) is 2. The number of aromatic nitrogens is 3. The lowest BCUT2D eigenvalue weighted by molar-refractivity contribution is 0.321. The van der Waals surface area contributed by atoms with Crippen molar-refractivity contribution in [3.63, 3.8) is 0 Å². The molecular formula is C19H29IN6O. The van der Waals surface area contributed by atoms with Crippen LogP contribution in [0.2, 0.25) is 0 Å². The molecule has 1 fully saturated rings. The Morgan fingerprint density at radius 3 is 2.63 bits per heavy atom. The maximum atomic E-state index is 5.74. The quantitative estimate of drug-likeness (QED) is 0.274. The summed E-state index contributed by atoms with van der Waals surface area (Å²) in [5, 5.41) is 15.2. The number of halogens is 1. The molecule has 0 radical (unpaired) electrons. The summed E-state index contributed by atoms with van der Waals surface area (Å²) in [5.74, 6) is 3.44. The van der Waals surface area contributed by atoms with Crippen molar-refractivity contribution in [2.24, 2.45) is 12.0 Å². The summed E-state index contributed by atoms with van der Waals surface area (Å²) in [4.78, 5) is 4.69. The molecule has 148 valence electrons. The standard InChI is InChI=1S/C19H28N6O.HI/c1-15-23-24-18(25(15)2)14-21-19(22-16-8-6-7-9-16)20-12-13-26-17-10-4-3-5-11-17;/h3-5,10-11,16H,6-9,12-14H2,1-2H3,(H2,20,21,22);1H. The predicted molar refractivity (Wildman–Crippen MR) is 118 cm³/mol. The van der Waals surface area contributed by atoms with Gasteiger partial charge in [0.1, 0.15) is 24.7 Å². The van der Waals surface area contributed by atoms with Gasteiger partial charge in [0, 0.05) is 13.1 Å². The van der Waals surface area contributed by atoms with Crippen molar-refractivity contribution in [3.05, 3.63) is 42.0 Å². The highest BCUT2D eigenvalue weighted by molar-refractivity contribution is 14.0. The Labute approximate surface area is 178 Å². The summed E-state index contributed by atoms with van der Waals surface area (Å²) < 4.78 is 7.71. The minimum absolute atomic E-state index is 0. The molecule has 1 aromatic carbocycles. The highest BCUT2D eigenvalue weighted by atomic mass is 127. The average molecular weight is 484 g/mol. The number of para-hydroxylation sites is 1. The number of nitrogens with zero attached hydrogens (tertiary/aromatic N) is 4. The summed E-state index contributed by atoms with van der Waals surface area (Å²) in [6, 6.07) is 10.3. The van der Waals surface area contributed by atoms with E-state index in [1.165, 1.54) is 25.7 Å². The molecule has 0 unspecified atom stereocenters. The van der Waals surface area contributed by atoms with Gasteiger partial charge < -0.3 is 19.9 Å². The first-order chi connectivity index (χ1) is 12.7. The van der Waals surface area contributed by atoms with Crippen LogP contribution in [0.5, 0.6) is 5.75 Å². The van der Waals surface area contributed by atoms with Gasteiger partial charge in [-0.05, 0) is 31.9 Å².